The van der Waals surface area contributed by atoms with Crippen molar-refractivity contribution in [1.82, 2.24) is 14.9 Å². The second-order valence-corrected chi connectivity index (χ2v) is 7.37. The molecule has 0 radical (unpaired) electrons. The van der Waals surface area contributed by atoms with Crippen molar-refractivity contribution >= 4 is 21.9 Å². The Kier molecular flexibility index (Phi) is 5.21. The van der Waals surface area contributed by atoms with E-state index in [9.17, 15) is 13.2 Å². The second-order valence-electron chi connectivity index (χ2n) is 7.37. The number of aromatic nitrogens is 2. The zero-order valence-corrected chi connectivity index (χ0v) is 16.6. The van der Waals surface area contributed by atoms with E-state index in [-0.39, 0.29) is 17.4 Å². The topological polar surface area (TPSA) is 68.2 Å². The van der Waals surface area contributed by atoms with Crippen LogP contribution in [0.4, 0.5) is 13.2 Å². The Labute approximate surface area is 171 Å². The second kappa shape index (κ2) is 7.70. The molecule has 0 aliphatic heterocycles. The summed E-state index contributed by atoms with van der Waals surface area (Å²) in [6, 6.07) is 12.6. The average Bonchev–Trinajstić information content (AvgIpc) is 3.14. The maximum absolute atomic E-state index is 13.3. The summed E-state index contributed by atoms with van der Waals surface area (Å²) in [4.78, 5) is 11.1. The number of fused-ring (bicyclic) bond motifs is 2. The van der Waals surface area contributed by atoms with Crippen LogP contribution in [-0.2, 0) is 6.18 Å². The lowest BCUT2D eigenvalue weighted by Crippen LogP contribution is -2.24. The molecule has 0 aliphatic rings. The Morgan fingerprint density at radius 2 is 1.83 bits per heavy atom. The number of hydrogen-bond acceptors (Lipinski definition) is 5. The third kappa shape index (κ3) is 3.76. The van der Waals surface area contributed by atoms with Gasteiger partial charge in [0.25, 0.3) is 0 Å². The third-order valence-electron chi connectivity index (χ3n) is 5.08. The highest BCUT2D eigenvalue weighted by Crippen LogP contribution is 2.35. The lowest BCUT2D eigenvalue weighted by atomic mass is 10.0. The predicted octanol–water partition coefficient (Wildman–Crippen LogP) is 5.01. The van der Waals surface area contributed by atoms with E-state index in [0.29, 0.717) is 35.4 Å². The summed E-state index contributed by atoms with van der Waals surface area (Å²) in [5.74, 6) is 0.652. The molecule has 2 heterocycles. The minimum Gasteiger partial charge on any atom is -0.453 e. The molecule has 2 aromatic carbocycles. The quantitative estimate of drug-likeness (QED) is 0.497. The van der Waals surface area contributed by atoms with E-state index in [1.165, 1.54) is 6.07 Å². The van der Waals surface area contributed by atoms with Crippen LogP contribution in [0.2, 0.25) is 0 Å². The van der Waals surface area contributed by atoms with Crippen molar-refractivity contribution in [3.8, 4) is 11.6 Å². The van der Waals surface area contributed by atoms with Gasteiger partial charge in [0.15, 0.2) is 11.6 Å². The van der Waals surface area contributed by atoms with Gasteiger partial charge in [0.05, 0.1) is 22.8 Å². The molecule has 0 spiro atoms. The van der Waals surface area contributed by atoms with Crippen molar-refractivity contribution in [3.05, 3.63) is 59.8 Å². The van der Waals surface area contributed by atoms with Crippen LogP contribution in [0, 0.1) is 0 Å². The molecule has 30 heavy (non-hydrogen) atoms. The number of hydrogen-bond donors (Lipinski definition) is 1. The zero-order chi connectivity index (χ0) is 21.5. The Morgan fingerprint density at radius 1 is 1.07 bits per heavy atom. The first-order chi connectivity index (χ1) is 14.3. The van der Waals surface area contributed by atoms with Gasteiger partial charge in [0, 0.05) is 10.8 Å². The van der Waals surface area contributed by atoms with E-state index >= 15 is 0 Å². The molecule has 2 aromatic heterocycles. The summed E-state index contributed by atoms with van der Waals surface area (Å²) >= 11 is 0. The number of nitrogens with two attached hydrogens (primary N) is 1. The maximum Gasteiger partial charge on any atom is 0.416 e. The van der Waals surface area contributed by atoms with E-state index in [1.807, 2.05) is 43.3 Å². The van der Waals surface area contributed by atoms with Crippen LogP contribution < -0.4 is 5.73 Å². The lowest BCUT2D eigenvalue weighted by molar-refractivity contribution is -0.137. The van der Waals surface area contributed by atoms with Crippen molar-refractivity contribution in [2.75, 3.05) is 20.6 Å². The van der Waals surface area contributed by atoms with Crippen LogP contribution in [0.15, 0.2) is 52.9 Å². The van der Waals surface area contributed by atoms with Crippen molar-refractivity contribution < 1.29 is 17.6 Å². The number of benzene rings is 2. The van der Waals surface area contributed by atoms with Crippen molar-refractivity contribution in [1.29, 1.82) is 0 Å². The summed E-state index contributed by atoms with van der Waals surface area (Å²) in [6.45, 7) is 0.412. The van der Waals surface area contributed by atoms with E-state index in [1.54, 1.807) is 6.07 Å². The SMILES string of the molecule is CN(C)C(CCN)c1nc(-c2cc3ccccc3o2)nc2cc(C(F)(F)F)ccc12. The van der Waals surface area contributed by atoms with Gasteiger partial charge in [-0.15, -0.1) is 0 Å². The van der Waals surface area contributed by atoms with Gasteiger partial charge >= 0.3 is 6.18 Å². The minimum absolute atomic E-state index is 0.180. The number of para-hydroxylation sites is 1. The molecule has 0 bridgehead atoms. The third-order valence-corrected chi connectivity index (χ3v) is 5.08. The number of alkyl halides is 3. The van der Waals surface area contributed by atoms with Gasteiger partial charge in [-0.3, -0.25) is 0 Å². The molecule has 0 saturated heterocycles. The summed E-state index contributed by atoms with van der Waals surface area (Å²) in [7, 11) is 3.78. The first kappa shape index (κ1) is 20.3. The van der Waals surface area contributed by atoms with Crippen LogP contribution in [0.25, 0.3) is 33.5 Å². The molecule has 1 unspecified atom stereocenters. The Bertz CT molecular complexity index is 1170. The van der Waals surface area contributed by atoms with Crippen LogP contribution >= 0.6 is 0 Å². The Balaban J connectivity index is 1.97. The molecule has 0 fully saturated rings. The van der Waals surface area contributed by atoms with E-state index in [2.05, 4.69) is 4.98 Å². The molecular weight excluding hydrogens is 393 g/mol. The van der Waals surface area contributed by atoms with Gasteiger partial charge in [0.2, 0.25) is 0 Å². The highest BCUT2D eigenvalue weighted by atomic mass is 19.4. The Hall–Kier alpha value is -2.97. The molecule has 4 aromatic rings. The number of furan rings is 1. The lowest BCUT2D eigenvalue weighted by Gasteiger charge is -2.25. The first-order valence-corrected chi connectivity index (χ1v) is 9.52. The number of nitrogens with zero attached hydrogens (tertiary/aromatic N) is 3. The fourth-order valence-electron chi connectivity index (χ4n) is 3.58. The van der Waals surface area contributed by atoms with Crippen LogP contribution in [0.5, 0.6) is 0 Å². The highest BCUT2D eigenvalue weighted by molar-refractivity contribution is 5.86. The normalized spacial score (nSPS) is 13.4. The molecular formula is C22H21F3N4O. The summed E-state index contributed by atoms with van der Waals surface area (Å²) in [6.07, 6.45) is -3.86. The van der Waals surface area contributed by atoms with Gasteiger partial charge in [-0.25, -0.2) is 9.97 Å². The molecule has 8 heteroatoms. The van der Waals surface area contributed by atoms with Gasteiger partial charge in [-0.05, 0) is 51.3 Å². The van der Waals surface area contributed by atoms with Crippen LogP contribution in [0.1, 0.15) is 23.7 Å². The molecule has 0 saturated carbocycles. The largest absolute Gasteiger partial charge is 0.453 e. The van der Waals surface area contributed by atoms with Gasteiger partial charge in [-0.2, -0.15) is 13.2 Å². The van der Waals surface area contributed by atoms with Gasteiger partial charge in [-0.1, -0.05) is 24.3 Å². The van der Waals surface area contributed by atoms with Crippen molar-refractivity contribution in [2.24, 2.45) is 5.73 Å². The average molecular weight is 414 g/mol. The number of halogens is 3. The van der Waals surface area contributed by atoms with E-state index < -0.39 is 11.7 Å². The molecule has 5 nitrogen and oxygen atoms in total. The minimum atomic E-state index is -4.46. The summed E-state index contributed by atoms with van der Waals surface area (Å²) in [5, 5.41) is 1.43. The molecule has 4 rings (SSSR count). The van der Waals surface area contributed by atoms with Crippen molar-refractivity contribution in [3.63, 3.8) is 0 Å². The highest BCUT2D eigenvalue weighted by Gasteiger charge is 2.31. The molecule has 0 aliphatic carbocycles. The molecule has 2 N–H and O–H groups in total. The van der Waals surface area contributed by atoms with Gasteiger partial charge in [0.1, 0.15) is 5.58 Å². The molecule has 1 atom stereocenters. The summed E-state index contributed by atoms with van der Waals surface area (Å²) < 4.78 is 45.8. The standard InChI is InChI=1S/C22H21F3N4O/c1-29(2)17(9-10-26)20-15-8-7-14(22(23,24)25)12-16(15)27-21(28-20)19-11-13-5-3-4-6-18(13)30-19/h3-8,11-12,17H,9-10,26H2,1-2H3. The van der Waals surface area contributed by atoms with E-state index in [4.69, 9.17) is 15.1 Å². The van der Waals surface area contributed by atoms with Crippen molar-refractivity contribution in [2.45, 2.75) is 18.6 Å². The molecule has 156 valence electrons. The fourth-order valence-corrected chi connectivity index (χ4v) is 3.58. The monoisotopic (exact) mass is 414 g/mol. The maximum atomic E-state index is 13.3. The van der Waals surface area contributed by atoms with Crippen LogP contribution in [-0.4, -0.2) is 35.5 Å². The fraction of sp³-hybridized carbons (Fsp3) is 0.273. The smallest absolute Gasteiger partial charge is 0.416 e. The summed E-state index contributed by atoms with van der Waals surface area (Å²) in [5.41, 5.74) is 6.54. The van der Waals surface area contributed by atoms with Crippen LogP contribution in [0.3, 0.4) is 0 Å². The first-order valence-electron chi connectivity index (χ1n) is 9.52. The zero-order valence-electron chi connectivity index (χ0n) is 16.6. The van der Waals surface area contributed by atoms with Gasteiger partial charge < -0.3 is 15.1 Å². The molecule has 0 amide bonds. The van der Waals surface area contributed by atoms with E-state index in [0.717, 1.165) is 17.5 Å². The Morgan fingerprint density at radius 3 is 2.50 bits per heavy atom. The predicted molar refractivity (Wildman–Crippen MR) is 110 cm³/mol. The number of rotatable bonds is 5.